The molecule has 19 heavy (non-hydrogen) atoms. The van der Waals surface area contributed by atoms with Gasteiger partial charge in [0.2, 0.25) is 0 Å². The Morgan fingerprint density at radius 3 is 2.68 bits per heavy atom. The van der Waals surface area contributed by atoms with Gasteiger partial charge in [-0.15, -0.1) is 0 Å². The lowest BCUT2D eigenvalue weighted by Crippen LogP contribution is -2.18. The smallest absolute Gasteiger partial charge is 0.127 e. The molecule has 0 saturated heterocycles. The van der Waals surface area contributed by atoms with E-state index in [9.17, 15) is 4.39 Å². The fraction of sp³-hybridized carbons (Fsp3) is 0.625. The molecule has 0 saturated carbocycles. The topological polar surface area (TPSA) is 12.0 Å². The molecular formula is C16H25ClFN. The van der Waals surface area contributed by atoms with Crippen molar-refractivity contribution >= 4 is 11.6 Å². The van der Waals surface area contributed by atoms with E-state index < -0.39 is 0 Å². The lowest BCUT2D eigenvalue weighted by atomic mass is 9.97. The summed E-state index contributed by atoms with van der Waals surface area (Å²) < 4.78 is 13.3. The molecule has 0 fully saturated rings. The van der Waals surface area contributed by atoms with Crippen molar-refractivity contribution in [2.24, 2.45) is 5.92 Å². The van der Waals surface area contributed by atoms with Crippen molar-refractivity contribution in [3.63, 3.8) is 0 Å². The molecule has 0 aliphatic carbocycles. The first kappa shape index (κ1) is 16.5. The Bertz CT molecular complexity index is 393. The summed E-state index contributed by atoms with van der Waals surface area (Å²) in [7, 11) is 0. The van der Waals surface area contributed by atoms with Crippen LogP contribution < -0.4 is 5.32 Å². The Kier molecular flexibility index (Phi) is 7.40. The Morgan fingerprint density at radius 1 is 1.26 bits per heavy atom. The van der Waals surface area contributed by atoms with Crippen molar-refractivity contribution in [2.75, 3.05) is 13.1 Å². The standard InChI is InChI=1S/C16H25ClFN/c1-4-8-19-9-7-12(2)5-6-14-10-13(3)16(18)11-15(14)17/h10-12,19H,4-9H2,1-3H3. The van der Waals surface area contributed by atoms with Crippen molar-refractivity contribution in [3.05, 3.63) is 34.1 Å². The minimum atomic E-state index is -0.217. The van der Waals surface area contributed by atoms with E-state index in [-0.39, 0.29) is 5.82 Å². The molecule has 0 bridgehead atoms. The summed E-state index contributed by atoms with van der Waals surface area (Å²) in [6, 6.07) is 3.30. The zero-order valence-electron chi connectivity index (χ0n) is 12.2. The van der Waals surface area contributed by atoms with Crippen LogP contribution >= 0.6 is 11.6 Å². The van der Waals surface area contributed by atoms with E-state index in [1.54, 1.807) is 6.92 Å². The number of rotatable bonds is 8. The first-order valence-corrected chi connectivity index (χ1v) is 7.57. The molecule has 1 rings (SSSR count). The number of hydrogen-bond acceptors (Lipinski definition) is 1. The molecule has 1 N–H and O–H groups in total. The van der Waals surface area contributed by atoms with Crippen LogP contribution in [0.5, 0.6) is 0 Å². The highest BCUT2D eigenvalue weighted by Crippen LogP contribution is 2.23. The first-order valence-electron chi connectivity index (χ1n) is 7.19. The summed E-state index contributed by atoms with van der Waals surface area (Å²) in [6.07, 6.45) is 4.38. The van der Waals surface area contributed by atoms with Gasteiger partial charge in [0, 0.05) is 5.02 Å². The maximum absolute atomic E-state index is 13.3. The van der Waals surface area contributed by atoms with E-state index in [0.29, 0.717) is 16.5 Å². The average Bonchev–Trinajstić information content (AvgIpc) is 2.37. The highest BCUT2D eigenvalue weighted by atomic mass is 35.5. The van der Waals surface area contributed by atoms with Gasteiger partial charge in [0.05, 0.1) is 0 Å². The van der Waals surface area contributed by atoms with Gasteiger partial charge in [-0.2, -0.15) is 0 Å². The number of halogens is 2. The lowest BCUT2D eigenvalue weighted by Gasteiger charge is -2.13. The van der Waals surface area contributed by atoms with Crippen LogP contribution in [0.3, 0.4) is 0 Å². The molecule has 108 valence electrons. The first-order chi connectivity index (χ1) is 9.04. The van der Waals surface area contributed by atoms with E-state index >= 15 is 0 Å². The molecule has 0 aliphatic heterocycles. The van der Waals surface area contributed by atoms with Crippen LogP contribution in [0, 0.1) is 18.7 Å². The van der Waals surface area contributed by atoms with Gasteiger partial charge in [-0.1, -0.05) is 31.5 Å². The van der Waals surface area contributed by atoms with Crippen molar-refractivity contribution < 1.29 is 4.39 Å². The number of benzene rings is 1. The van der Waals surface area contributed by atoms with Crippen molar-refractivity contribution in [2.45, 2.75) is 46.5 Å². The fourth-order valence-electron chi connectivity index (χ4n) is 2.11. The second-order valence-corrected chi connectivity index (χ2v) is 5.78. The van der Waals surface area contributed by atoms with Crippen molar-refractivity contribution in [1.82, 2.24) is 5.32 Å². The van der Waals surface area contributed by atoms with Crippen molar-refractivity contribution in [1.29, 1.82) is 0 Å². The zero-order valence-corrected chi connectivity index (χ0v) is 13.0. The Hall–Kier alpha value is -0.600. The molecular weight excluding hydrogens is 261 g/mol. The van der Waals surface area contributed by atoms with E-state index in [1.807, 2.05) is 6.07 Å². The van der Waals surface area contributed by atoms with Crippen LogP contribution in [-0.2, 0) is 6.42 Å². The molecule has 1 aromatic carbocycles. The predicted molar refractivity (Wildman–Crippen MR) is 81.4 cm³/mol. The summed E-state index contributed by atoms with van der Waals surface area (Å²) in [4.78, 5) is 0. The highest BCUT2D eigenvalue weighted by molar-refractivity contribution is 6.31. The molecule has 3 heteroatoms. The van der Waals surface area contributed by atoms with Crippen LogP contribution in [0.25, 0.3) is 0 Å². The normalized spacial score (nSPS) is 12.7. The third-order valence-corrected chi connectivity index (χ3v) is 3.83. The summed E-state index contributed by atoms with van der Waals surface area (Å²) in [6.45, 7) is 8.39. The molecule has 0 amide bonds. The van der Waals surface area contributed by atoms with E-state index in [0.717, 1.165) is 31.5 Å². The third kappa shape index (κ3) is 5.92. The molecule has 1 aromatic rings. The minimum absolute atomic E-state index is 0.217. The third-order valence-electron chi connectivity index (χ3n) is 3.47. The molecule has 0 aromatic heterocycles. The largest absolute Gasteiger partial charge is 0.317 e. The van der Waals surface area contributed by atoms with Crippen molar-refractivity contribution in [3.8, 4) is 0 Å². The summed E-state index contributed by atoms with van der Waals surface area (Å²) in [5.41, 5.74) is 1.74. The molecule has 0 aliphatic rings. The predicted octanol–water partition coefficient (Wildman–Crippen LogP) is 4.75. The zero-order chi connectivity index (χ0) is 14.3. The second-order valence-electron chi connectivity index (χ2n) is 5.38. The second kappa shape index (κ2) is 8.55. The monoisotopic (exact) mass is 285 g/mol. The van der Waals surface area contributed by atoms with Gasteiger partial charge in [0.25, 0.3) is 0 Å². The van der Waals surface area contributed by atoms with Crippen LogP contribution in [0.4, 0.5) is 4.39 Å². The van der Waals surface area contributed by atoms with E-state index in [1.165, 1.54) is 18.9 Å². The SMILES string of the molecule is CCCNCCC(C)CCc1cc(C)c(F)cc1Cl. The maximum atomic E-state index is 13.3. The van der Waals surface area contributed by atoms with Gasteiger partial charge < -0.3 is 5.32 Å². The molecule has 1 unspecified atom stereocenters. The Morgan fingerprint density at radius 2 is 2.00 bits per heavy atom. The van der Waals surface area contributed by atoms with E-state index in [4.69, 9.17) is 11.6 Å². The molecule has 1 atom stereocenters. The van der Waals surface area contributed by atoms with Gasteiger partial charge in [-0.3, -0.25) is 0 Å². The van der Waals surface area contributed by atoms with Crippen LogP contribution in [0.2, 0.25) is 5.02 Å². The quantitative estimate of drug-likeness (QED) is 0.680. The van der Waals surface area contributed by atoms with Gasteiger partial charge in [0.1, 0.15) is 5.82 Å². The number of nitrogens with one attached hydrogen (secondary N) is 1. The van der Waals surface area contributed by atoms with Gasteiger partial charge >= 0.3 is 0 Å². The van der Waals surface area contributed by atoms with Crippen LogP contribution in [-0.4, -0.2) is 13.1 Å². The molecule has 0 heterocycles. The number of hydrogen-bond donors (Lipinski definition) is 1. The van der Waals surface area contributed by atoms with Gasteiger partial charge in [-0.05, 0) is 68.8 Å². The van der Waals surface area contributed by atoms with Crippen LogP contribution in [0.15, 0.2) is 12.1 Å². The Balaban J connectivity index is 2.37. The lowest BCUT2D eigenvalue weighted by molar-refractivity contribution is 0.470. The minimum Gasteiger partial charge on any atom is -0.317 e. The Labute approximate surface area is 121 Å². The summed E-state index contributed by atoms with van der Waals surface area (Å²) in [5.74, 6) is 0.441. The summed E-state index contributed by atoms with van der Waals surface area (Å²) in [5, 5.41) is 3.97. The average molecular weight is 286 g/mol. The van der Waals surface area contributed by atoms with Crippen LogP contribution in [0.1, 0.15) is 44.2 Å². The molecule has 0 radical (unpaired) electrons. The number of aryl methyl sites for hydroxylation is 2. The highest BCUT2D eigenvalue weighted by Gasteiger charge is 2.08. The fourth-order valence-corrected chi connectivity index (χ4v) is 2.35. The van der Waals surface area contributed by atoms with Gasteiger partial charge in [0.15, 0.2) is 0 Å². The maximum Gasteiger partial charge on any atom is 0.127 e. The molecule has 1 nitrogen and oxygen atoms in total. The van der Waals surface area contributed by atoms with Gasteiger partial charge in [-0.25, -0.2) is 4.39 Å². The molecule has 0 spiro atoms. The van der Waals surface area contributed by atoms with E-state index in [2.05, 4.69) is 19.2 Å². The summed E-state index contributed by atoms with van der Waals surface area (Å²) >= 11 is 6.08.